The summed E-state index contributed by atoms with van der Waals surface area (Å²) in [4.78, 5) is 18.5. The first kappa shape index (κ1) is 13.8. The normalized spacial score (nSPS) is 19.3. The Balaban J connectivity index is 2.13. The molecule has 0 aromatic carbocycles. The van der Waals surface area contributed by atoms with Crippen LogP contribution in [0, 0.1) is 0 Å². The molecule has 5 heteroatoms. The van der Waals surface area contributed by atoms with E-state index in [1.165, 1.54) is 0 Å². The number of anilines is 1. The average molecular weight is 263 g/mol. The second-order valence-electron chi connectivity index (χ2n) is 4.78. The molecular formula is C14H21N3O2. The number of nitrogens with one attached hydrogen (secondary N) is 1. The van der Waals surface area contributed by atoms with Gasteiger partial charge in [-0.2, -0.15) is 0 Å². The van der Waals surface area contributed by atoms with Gasteiger partial charge in [-0.3, -0.25) is 9.78 Å². The molecular weight excluding hydrogens is 242 g/mol. The maximum Gasteiger partial charge on any atom is 0.256 e. The number of carbonyl (C=O) groups excluding carboxylic acids is 1. The van der Waals surface area contributed by atoms with E-state index in [-0.39, 0.29) is 12.0 Å². The third kappa shape index (κ3) is 3.44. The van der Waals surface area contributed by atoms with Gasteiger partial charge in [-0.25, -0.2) is 0 Å². The highest BCUT2D eigenvalue weighted by Crippen LogP contribution is 2.17. The van der Waals surface area contributed by atoms with Crippen molar-refractivity contribution in [3.8, 4) is 0 Å². The van der Waals surface area contributed by atoms with Crippen LogP contribution in [0.4, 0.5) is 5.69 Å². The monoisotopic (exact) mass is 263 g/mol. The van der Waals surface area contributed by atoms with Gasteiger partial charge in [0.2, 0.25) is 0 Å². The van der Waals surface area contributed by atoms with Crippen LogP contribution in [-0.2, 0) is 4.74 Å². The SMILES string of the molecule is CCCNc1cnccc1C(=O)N1CCOC(C)C1. The molecule has 1 saturated heterocycles. The standard InChI is InChI=1S/C14H21N3O2/c1-3-5-16-13-9-15-6-4-12(13)14(18)17-7-8-19-11(2)10-17/h4,6,9,11,16H,3,5,7-8,10H2,1-2H3. The lowest BCUT2D eigenvalue weighted by molar-refractivity contribution is -0.0123. The molecule has 2 rings (SSSR count). The van der Waals surface area contributed by atoms with Crippen LogP contribution in [0.15, 0.2) is 18.5 Å². The van der Waals surface area contributed by atoms with Crippen molar-refractivity contribution in [2.45, 2.75) is 26.4 Å². The molecule has 5 nitrogen and oxygen atoms in total. The molecule has 1 amide bonds. The van der Waals surface area contributed by atoms with Gasteiger partial charge in [0, 0.05) is 25.8 Å². The van der Waals surface area contributed by atoms with Gasteiger partial charge < -0.3 is 15.0 Å². The van der Waals surface area contributed by atoms with Crippen molar-refractivity contribution < 1.29 is 9.53 Å². The summed E-state index contributed by atoms with van der Waals surface area (Å²) in [7, 11) is 0. The molecule has 2 heterocycles. The summed E-state index contributed by atoms with van der Waals surface area (Å²) in [6.45, 7) is 6.82. The minimum Gasteiger partial charge on any atom is -0.383 e. The zero-order valence-electron chi connectivity index (χ0n) is 11.6. The molecule has 19 heavy (non-hydrogen) atoms. The fourth-order valence-electron chi connectivity index (χ4n) is 2.15. The molecule has 1 fully saturated rings. The topological polar surface area (TPSA) is 54.5 Å². The highest BCUT2D eigenvalue weighted by atomic mass is 16.5. The van der Waals surface area contributed by atoms with Gasteiger partial charge in [0.1, 0.15) is 0 Å². The van der Waals surface area contributed by atoms with Gasteiger partial charge in [0.25, 0.3) is 5.91 Å². The molecule has 1 atom stereocenters. The lowest BCUT2D eigenvalue weighted by Crippen LogP contribution is -2.44. The number of hydrogen-bond donors (Lipinski definition) is 1. The first-order valence-electron chi connectivity index (χ1n) is 6.81. The van der Waals surface area contributed by atoms with Crippen LogP contribution in [0.5, 0.6) is 0 Å². The Labute approximate surface area is 114 Å². The van der Waals surface area contributed by atoms with E-state index in [1.54, 1.807) is 18.5 Å². The Morgan fingerprint density at radius 1 is 1.63 bits per heavy atom. The molecule has 0 bridgehead atoms. The molecule has 1 aliphatic heterocycles. The van der Waals surface area contributed by atoms with Crippen molar-refractivity contribution in [1.29, 1.82) is 0 Å². The van der Waals surface area contributed by atoms with Gasteiger partial charge in [0.05, 0.1) is 30.2 Å². The zero-order chi connectivity index (χ0) is 13.7. The van der Waals surface area contributed by atoms with Gasteiger partial charge in [0.15, 0.2) is 0 Å². The first-order valence-corrected chi connectivity index (χ1v) is 6.81. The molecule has 1 aromatic rings. The summed E-state index contributed by atoms with van der Waals surface area (Å²) in [5.41, 5.74) is 1.51. The molecule has 1 aromatic heterocycles. The van der Waals surface area contributed by atoms with Crippen molar-refractivity contribution >= 4 is 11.6 Å². The number of morpholine rings is 1. The largest absolute Gasteiger partial charge is 0.383 e. The van der Waals surface area contributed by atoms with Gasteiger partial charge in [-0.15, -0.1) is 0 Å². The van der Waals surface area contributed by atoms with Crippen LogP contribution < -0.4 is 5.32 Å². The second-order valence-corrected chi connectivity index (χ2v) is 4.78. The summed E-state index contributed by atoms with van der Waals surface area (Å²) in [5.74, 6) is 0.0520. The number of nitrogens with zero attached hydrogens (tertiary/aromatic N) is 2. The second kappa shape index (κ2) is 6.52. The molecule has 104 valence electrons. The van der Waals surface area contributed by atoms with Gasteiger partial charge in [-0.05, 0) is 19.4 Å². The predicted octanol–water partition coefficient (Wildman–Crippen LogP) is 1.76. The molecule has 0 aliphatic carbocycles. The number of ether oxygens (including phenoxy) is 1. The molecule has 1 aliphatic rings. The minimum absolute atomic E-state index is 0.0520. The highest BCUT2D eigenvalue weighted by molar-refractivity contribution is 5.99. The predicted molar refractivity (Wildman–Crippen MR) is 74.3 cm³/mol. The van der Waals surface area contributed by atoms with Gasteiger partial charge >= 0.3 is 0 Å². The zero-order valence-corrected chi connectivity index (χ0v) is 11.6. The maximum atomic E-state index is 12.5. The van der Waals surface area contributed by atoms with E-state index in [4.69, 9.17) is 4.74 Å². The first-order chi connectivity index (χ1) is 9.22. The molecule has 0 saturated carbocycles. The number of pyridine rings is 1. The van der Waals surface area contributed by atoms with Crippen molar-refractivity contribution in [2.24, 2.45) is 0 Å². The summed E-state index contributed by atoms with van der Waals surface area (Å²) in [6, 6.07) is 1.78. The van der Waals surface area contributed by atoms with Crippen molar-refractivity contribution in [3.05, 3.63) is 24.0 Å². The smallest absolute Gasteiger partial charge is 0.256 e. The fraction of sp³-hybridized carbons (Fsp3) is 0.571. The highest BCUT2D eigenvalue weighted by Gasteiger charge is 2.24. The lowest BCUT2D eigenvalue weighted by atomic mass is 10.1. The Hall–Kier alpha value is -1.62. The summed E-state index contributed by atoms with van der Waals surface area (Å²) < 4.78 is 5.47. The number of amides is 1. The third-order valence-corrected chi connectivity index (χ3v) is 3.15. The van der Waals surface area contributed by atoms with Crippen molar-refractivity contribution in [1.82, 2.24) is 9.88 Å². The van der Waals surface area contributed by atoms with Crippen LogP contribution in [-0.4, -0.2) is 48.1 Å². The van der Waals surface area contributed by atoms with Crippen LogP contribution in [0.1, 0.15) is 30.6 Å². The van der Waals surface area contributed by atoms with Gasteiger partial charge in [-0.1, -0.05) is 6.92 Å². The minimum atomic E-state index is 0.0520. The summed E-state index contributed by atoms with van der Waals surface area (Å²) in [5, 5.41) is 3.25. The van der Waals surface area contributed by atoms with E-state index in [9.17, 15) is 4.79 Å². The van der Waals surface area contributed by atoms with Crippen LogP contribution >= 0.6 is 0 Å². The molecule has 0 radical (unpaired) electrons. The van der Waals surface area contributed by atoms with E-state index in [2.05, 4.69) is 17.2 Å². The average Bonchev–Trinajstić information content (AvgIpc) is 2.44. The Morgan fingerprint density at radius 2 is 2.47 bits per heavy atom. The van der Waals surface area contributed by atoms with E-state index in [0.717, 1.165) is 18.7 Å². The third-order valence-electron chi connectivity index (χ3n) is 3.15. The quantitative estimate of drug-likeness (QED) is 0.899. The van der Waals surface area contributed by atoms with Crippen molar-refractivity contribution in [3.63, 3.8) is 0 Å². The van der Waals surface area contributed by atoms with E-state index in [0.29, 0.717) is 25.3 Å². The molecule has 1 unspecified atom stereocenters. The molecule has 0 spiro atoms. The number of carbonyl (C=O) groups is 1. The number of rotatable bonds is 4. The number of hydrogen-bond acceptors (Lipinski definition) is 4. The molecule has 1 N–H and O–H groups in total. The Kier molecular flexibility index (Phi) is 4.74. The van der Waals surface area contributed by atoms with E-state index >= 15 is 0 Å². The van der Waals surface area contributed by atoms with E-state index in [1.807, 2.05) is 11.8 Å². The summed E-state index contributed by atoms with van der Waals surface area (Å²) in [6.07, 6.45) is 4.49. The van der Waals surface area contributed by atoms with Crippen molar-refractivity contribution in [2.75, 3.05) is 31.6 Å². The van der Waals surface area contributed by atoms with Crippen LogP contribution in [0.3, 0.4) is 0 Å². The Bertz CT molecular complexity index is 436. The number of aromatic nitrogens is 1. The fourth-order valence-corrected chi connectivity index (χ4v) is 2.15. The Morgan fingerprint density at radius 3 is 3.21 bits per heavy atom. The van der Waals surface area contributed by atoms with Crippen LogP contribution in [0.25, 0.3) is 0 Å². The van der Waals surface area contributed by atoms with E-state index < -0.39 is 0 Å². The summed E-state index contributed by atoms with van der Waals surface area (Å²) >= 11 is 0. The maximum absolute atomic E-state index is 12.5. The van der Waals surface area contributed by atoms with Crippen LogP contribution in [0.2, 0.25) is 0 Å². The lowest BCUT2D eigenvalue weighted by Gasteiger charge is -2.31.